The first kappa shape index (κ1) is 19.7. The monoisotopic (exact) mass is 352 g/mol. The number of anilines is 2. The maximum absolute atomic E-state index is 12.4. The van der Waals surface area contributed by atoms with Gasteiger partial charge in [0.25, 0.3) is 0 Å². The second kappa shape index (κ2) is 7.73. The molecule has 0 unspecified atom stereocenters. The number of rotatable bonds is 4. The van der Waals surface area contributed by atoms with Crippen molar-refractivity contribution in [1.29, 1.82) is 0 Å². The van der Waals surface area contributed by atoms with Crippen molar-refractivity contribution in [1.82, 2.24) is 0 Å². The number of carbonyl (C=O) groups excluding carboxylic acids is 2. The van der Waals surface area contributed by atoms with Crippen molar-refractivity contribution >= 4 is 23.2 Å². The summed E-state index contributed by atoms with van der Waals surface area (Å²) in [5.41, 5.74) is 4.87. The van der Waals surface area contributed by atoms with Gasteiger partial charge < -0.3 is 10.2 Å². The minimum absolute atomic E-state index is 0.0167. The van der Waals surface area contributed by atoms with Crippen LogP contribution in [0.25, 0.3) is 0 Å². The van der Waals surface area contributed by atoms with Crippen LogP contribution in [0.1, 0.15) is 44.4 Å². The molecular formula is C22H28N2O2. The highest BCUT2D eigenvalue weighted by atomic mass is 16.2. The lowest BCUT2D eigenvalue weighted by Crippen LogP contribution is -2.36. The van der Waals surface area contributed by atoms with Gasteiger partial charge in [-0.3, -0.25) is 9.59 Å². The van der Waals surface area contributed by atoms with Gasteiger partial charge in [0.15, 0.2) is 0 Å². The van der Waals surface area contributed by atoms with Crippen LogP contribution in [0.4, 0.5) is 11.4 Å². The van der Waals surface area contributed by atoms with Crippen LogP contribution in [0.3, 0.4) is 0 Å². The third kappa shape index (κ3) is 5.19. The van der Waals surface area contributed by atoms with E-state index in [1.807, 2.05) is 56.3 Å². The van der Waals surface area contributed by atoms with E-state index in [1.54, 1.807) is 0 Å². The van der Waals surface area contributed by atoms with E-state index in [9.17, 15) is 9.59 Å². The lowest BCUT2D eigenvalue weighted by molar-refractivity contribution is -0.120. The van der Waals surface area contributed by atoms with E-state index in [0.717, 1.165) is 22.5 Å². The average Bonchev–Trinajstić information content (AvgIpc) is 2.50. The van der Waals surface area contributed by atoms with Gasteiger partial charge in [0.05, 0.1) is 0 Å². The third-order valence-corrected chi connectivity index (χ3v) is 4.23. The topological polar surface area (TPSA) is 49.4 Å². The first-order chi connectivity index (χ1) is 12.1. The maximum atomic E-state index is 12.4. The Bertz CT molecular complexity index is 782. The number of nitrogens with one attached hydrogen (secondary N) is 1. The zero-order chi connectivity index (χ0) is 19.5. The molecule has 0 aliphatic rings. The lowest BCUT2D eigenvalue weighted by atomic mass is 9.87. The van der Waals surface area contributed by atoms with Gasteiger partial charge in [0, 0.05) is 18.3 Å². The summed E-state index contributed by atoms with van der Waals surface area (Å²) in [6.45, 7) is 11.9. The van der Waals surface area contributed by atoms with Crippen molar-refractivity contribution in [2.75, 3.05) is 16.8 Å². The molecule has 2 aromatic rings. The Morgan fingerprint density at radius 3 is 1.96 bits per heavy atom. The minimum atomic E-state index is -0.218. The molecule has 1 N–H and O–H groups in total. The number of amides is 2. The molecule has 0 aromatic heterocycles. The molecule has 0 saturated carbocycles. The fourth-order valence-corrected chi connectivity index (χ4v) is 2.92. The van der Waals surface area contributed by atoms with E-state index in [1.165, 1.54) is 17.4 Å². The van der Waals surface area contributed by atoms with Gasteiger partial charge in [-0.1, -0.05) is 39.0 Å². The van der Waals surface area contributed by atoms with Crippen molar-refractivity contribution in [3.05, 3.63) is 59.2 Å². The maximum Gasteiger partial charge on any atom is 0.244 e. The summed E-state index contributed by atoms with van der Waals surface area (Å²) in [6, 6.07) is 13.7. The van der Waals surface area contributed by atoms with Gasteiger partial charge in [-0.2, -0.15) is 0 Å². The Morgan fingerprint density at radius 2 is 1.50 bits per heavy atom. The first-order valence-corrected chi connectivity index (χ1v) is 8.83. The summed E-state index contributed by atoms with van der Waals surface area (Å²) in [5, 5.41) is 2.88. The molecule has 4 heteroatoms. The fourth-order valence-electron chi connectivity index (χ4n) is 2.92. The second-order valence-electron chi connectivity index (χ2n) is 7.83. The van der Waals surface area contributed by atoms with Gasteiger partial charge in [-0.25, -0.2) is 0 Å². The predicted molar refractivity (Wildman–Crippen MR) is 108 cm³/mol. The van der Waals surface area contributed by atoms with Crippen LogP contribution in [0, 0.1) is 13.8 Å². The van der Waals surface area contributed by atoms with Gasteiger partial charge in [-0.05, 0) is 60.2 Å². The number of carbonyl (C=O) groups is 2. The highest BCUT2D eigenvalue weighted by Crippen LogP contribution is 2.25. The molecule has 2 aromatic carbocycles. The summed E-state index contributed by atoms with van der Waals surface area (Å²) < 4.78 is 0. The summed E-state index contributed by atoms with van der Waals surface area (Å²) in [7, 11) is 0. The van der Waals surface area contributed by atoms with Crippen molar-refractivity contribution in [3.63, 3.8) is 0 Å². The molecule has 138 valence electrons. The summed E-state index contributed by atoms with van der Waals surface area (Å²) in [5.74, 6) is -0.380. The zero-order valence-corrected chi connectivity index (χ0v) is 16.5. The van der Waals surface area contributed by atoms with E-state index in [2.05, 4.69) is 26.1 Å². The van der Waals surface area contributed by atoms with Crippen LogP contribution in [-0.4, -0.2) is 18.4 Å². The average molecular weight is 352 g/mol. The molecule has 0 spiro atoms. The number of aryl methyl sites for hydroxylation is 2. The molecule has 2 rings (SSSR count). The van der Waals surface area contributed by atoms with Crippen molar-refractivity contribution in [2.45, 2.75) is 47.0 Å². The van der Waals surface area contributed by atoms with Crippen LogP contribution >= 0.6 is 0 Å². The van der Waals surface area contributed by atoms with E-state index < -0.39 is 0 Å². The SMILES string of the molecule is CC(=O)N(CC(=O)Nc1cc(C)cc(C)c1)c1ccc(C(C)(C)C)cc1. The Labute approximate surface area is 156 Å². The predicted octanol–water partition coefficient (Wildman–Crippen LogP) is 4.59. The number of hydrogen-bond donors (Lipinski definition) is 1. The molecular weight excluding hydrogens is 324 g/mol. The molecule has 0 radical (unpaired) electrons. The quantitative estimate of drug-likeness (QED) is 0.875. The largest absolute Gasteiger partial charge is 0.325 e. The Balaban J connectivity index is 2.15. The highest BCUT2D eigenvalue weighted by molar-refractivity contribution is 6.01. The second-order valence-corrected chi connectivity index (χ2v) is 7.83. The summed E-state index contributed by atoms with van der Waals surface area (Å²) >= 11 is 0. The molecule has 0 saturated heterocycles. The number of hydrogen-bond acceptors (Lipinski definition) is 2. The van der Waals surface area contributed by atoms with Crippen LogP contribution in [0.2, 0.25) is 0 Å². The molecule has 2 amide bonds. The van der Waals surface area contributed by atoms with Crippen LogP contribution in [0.5, 0.6) is 0 Å². The molecule has 26 heavy (non-hydrogen) atoms. The van der Waals surface area contributed by atoms with Gasteiger partial charge in [0.2, 0.25) is 11.8 Å². The first-order valence-electron chi connectivity index (χ1n) is 8.83. The standard InChI is InChI=1S/C22H28N2O2/c1-15-11-16(2)13-19(12-15)23-21(26)14-24(17(3)25)20-9-7-18(8-10-20)22(4,5)6/h7-13H,14H2,1-6H3,(H,23,26). The molecule has 0 heterocycles. The molecule has 0 atom stereocenters. The lowest BCUT2D eigenvalue weighted by Gasteiger charge is -2.23. The Morgan fingerprint density at radius 1 is 0.962 bits per heavy atom. The summed E-state index contributed by atoms with van der Waals surface area (Å²) in [6.07, 6.45) is 0. The van der Waals surface area contributed by atoms with Crippen molar-refractivity contribution in [3.8, 4) is 0 Å². The minimum Gasteiger partial charge on any atom is -0.325 e. The highest BCUT2D eigenvalue weighted by Gasteiger charge is 2.18. The van der Waals surface area contributed by atoms with Gasteiger partial charge >= 0.3 is 0 Å². The normalized spacial score (nSPS) is 11.2. The van der Waals surface area contributed by atoms with Crippen molar-refractivity contribution < 1.29 is 9.59 Å². The smallest absolute Gasteiger partial charge is 0.244 e. The van der Waals surface area contributed by atoms with Crippen molar-refractivity contribution in [2.24, 2.45) is 0 Å². The zero-order valence-electron chi connectivity index (χ0n) is 16.5. The van der Waals surface area contributed by atoms with E-state index in [0.29, 0.717) is 0 Å². The molecule has 0 bridgehead atoms. The Hall–Kier alpha value is -2.62. The summed E-state index contributed by atoms with van der Waals surface area (Å²) in [4.78, 5) is 26.0. The van der Waals surface area contributed by atoms with E-state index >= 15 is 0 Å². The van der Waals surface area contributed by atoms with Crippen LogP contribution in [-0.2, 0) is 15.0 Å². The van der Waals surface area contributed by atoms with Gasteiger partial charge in [-0.15, -0.1) is 0 Å². The van der Waals surface area contributed by atoms with Gasteiger partial charge in [0.1, 0.15) is 6.54 Å². The molecule has 0 aliphatic heterocycles. The molecule has 0 aliphatic carbocycles. The van der Waals surface area contributed by atoms with Crippen LogP contribution in [0.15, 0.2) is 42.5 Å². The fraction of sp³-hybridized carbons (Fsp3) is 0.364. The van der Waals surface area contributed by atoms with Crippen LogP contribution < -0.4 is 10.2 Å². The number of nitrogens with zero attached hydrogens (tertiary/aromatic N) is 1. The third-order valence-electron chi connectivity index (χ3n) is 4.23. The molecule has 4 nitrogen and oxygen atoms in total. The van der Waals surface area contributed by atoms with E-state index in [4.69, 9.17) is 0 Å². The number of benzene rings is 2. The van der Waals surface area contributed by atoms with E-state index in [-0.39, 0.29) is 23.8 Å². The Kier molecular flexibility index (Phi) is 5.86. The molecule has 0 fully saturated rings.